The summed E-state index contributed by atoms with van der Waals surface area (Å²) in [6, 6.07) is 6.74. The second-order valence-corrected chi connectivity index (χ2v) is 9.23. The second-order valence-electron chi connectivity index (χ2n) is 8.82. The van der Waals surface area contributed by atoms with E-state index in [4.69, 9.17) is 17.3 Å². The number of hydrogen-bond donors (Lipinski definition) is 3. The first kappa shape index (κ1) is 29.1. The number of carbonyl (C=O) groups is 1. The number of hydrazone groups is 1. The molecule has 0 saturated carbocycles. The molecule has 0 aliphatic carbocycles. The first-order chi connectivity index (χ1) is 16.1. The molecule has 0 amide bonds. The summed E-state index contributed by atoms with van der Waals surface area (Å²) < 4.78 is 0. The quantitative estimate of drug-likeness (QED) is 0.0790. The minimum absolute atomic E-state index is 0.218. The molecule has 0 bridgehead atoms. The zero-order valence-electron chi connectivity index (χ0n) is 20.6. The molecule has 0 fully saturated rings. The number of hydrogen-bond acceptors (Lipinski definition) is 3. The lowest BCUT2D eigenvalue weighted by atomic mass is 10.0. The predicted molar refractivity (Wildman–Crippen MR) is 144 cm³/mol. The van der Waals surface area contributed by atoms with Crippen molar-refractivity contribution in [3.63, 3.8) is 0 Å². The highest BCUT2D eigenvalue weighted by Gasteiger charge is 2.06. The predicted octanol–water partition coefficient (Wildman–Crippen LogP) is 7.44. The fourth-order valence-corrected chi connectivity index (χ4v) is 4.03. The van der Waals surface area contributed by atoms with Gasteiger partial charge >= 0.3 is 5.97 Å². The topological polar surface area (TPSA) is 73.7 Å². The summed E-state index contributed by atoms with van der Waals surface area (Å²) in [5, 5.41) is 16.8. The van der Waals surface area contributed by atoms with Gasteiger partial charge in [-0.1, -0.05) is 121 Å². The Bertz CT molecular complexity index is 679. The van der Waals surface area contributed by atoms with Crippen molar-refractivity contribution in [2.45, 2.75) is 110 Å². The van der Waals surface area contributed by atoms with Crippen LogP contribution in [-0.4, -0.2) is 28.9 Å². The summed E-state index contributed by atoms with van der Waals surface area (Å²) in [5.74, 6) is -0.971. The normalized spacial score (nSPS) is 11.1. The highest BCUT2D eigenvalue weighted by Crippen LogP contribution is 2.13. The molecule has 0 aliphatic heterocycles. The van der Waals surface area contributed by atoms with Gasteiger partial charge in [-0.15, -0.1) is 0 Å². The van der Waals surface area contributed by atoms with Crippen molar-refractivity contribution in [2.75, 3.05) is 6.54 Å². The van der Waals surface area contributed by atoms with Crippen LogP contribution < -0.4 is 10.7 Å². The molecule has 0 spiro atoms. The Balaban J connectivity index is 1.89. The zero-order chi connectivity index (χ0) is 24.0. The number of aromatic carboxylic acids is 1. The zero-order valence-corrected chi connectivity index (χ0v) is 21.4. The number of carboxylic acid groups (broad SMARTS) is 1. The summed E-state index contributed by atoms with van der Waals surface area (Å²) in [4.78, 5) is 11.2. The van der Waals surface area contributed by atoms with E-state index in [1.807, 2.05) is 0 Å². The van der Waals surface area contributed by atoms with Crippen molar-refractivity contribution in [3.05, 3.63) is 35.4 Å². The molecular weight excluding hydrogens is 430 g/mol. The van der Waals surface area contributed by atoms with E-state index >= 15 is 0 Å². The Morgan fingerprint density at radius 2 is 1.33 bits per heavy atom. The molecule has 0 radical (unpaired) electrons. The number of nitrogens with zero attached hydrogens (tertiary/aromatic N) is 1. The fourth-order valence-electron chi connectivity index (χ4n) is 3.88. The van der Waals surface area contributed by atoms with Crippen molar-refractivity contribution in [3.8, 4) is 0 Å². The number of benzene rings is 1. The molecular formula is C27H45N3O2S. The smallest absolute Gasteiger partial charge is 0.336 e. The van der Waals surface area contributed by atoms with Crippen molar-refractivity contribution in [2.24, 2.45) is 5.10 Å². The molecule has 1 aromatic carbocycles. The third kappa shape index (κ3) is 16.3. The highest BCUT2D eigenvalue weighted by atomic mass is 32.1. The van der Waals surface area contributed by atoms with Crippen molar-refractivity contribution in [1.29, 1.82) is 0 Å². The van der Waals surface area contributed by atoms with Gasteiger partial charge in [0.05, 0.1) is 11.8 Å². The van der Waals surface area contributed by atoms with Crippen molar-refractivity contribution >= 4 is 29.5 Å². The van der Waals surface area contributed by atoms with Crippen LogP contribution in [0.15, 0.2) is 29.4 Å². The van der Waals surface area contributed by atoms with Crippen LogP contribution in [0, 0.1) is 0 Å². The number of rotatable bonds is 20. The number of carboxylic acids is 1. The molecule has 6 heteroatoms. The summed E-state index contributed by atoms with van der Waals surface area (Å²) >= 11 is 5.21. The Kier molecular flexibility index (Phi) is 18.2. The SMILES string of the molecule is CCCCCCCCCCCCCCCCCCNC(=S)N/N=C/c1ccccc1C(=O)O. The Labute approximate surface area is 206 Å². The maximum absolute atomic E-state index is 11.2. The molecule has 0 aliphatic rings. The van der Waals surface area contributed by atoms with E-state index in [-0.39, 0.29) is 5.56 Å². The minimum Gasteiger partial charge on any atom is -0.478 e. The molecule has 0 unspecified atom stereocenters. The molecule has 1 rings (SSSR count). The molecule has 1 aromatic rings. The lowest BCUT2D eigenvalue weighted by Crippen LogP contribution is -2.32. The van der Waals surface area contributed by atoms with Gasteiger partial charge in [0.15, 0.2) is 5.11 Å². The van der Waals surface area contributed by atoms with Crippen molar-refractivity contribution < 1.29 is 9.90 Å². The maximum Gasteiger partial charge on any atom is 0.336 e. The summed E-state index contributed by atoms with van der Waals surface area (Å²) in [7, 11) is 0. The third-order valence-electron chi connectivity index (χ3n) is 5.88. The Morgan fingerprint density at radius 3 is 1.85 bits per heavy atom. The van der Waals surface area contributed by atoms with Gasteiger partial charge in [-0.3, -0.25) is 5.43 Å². The van der Waals surface area contributed by atoms with Gasteiger partial charge in [0.25, 0.3) is 0 Å². The first-order valence-electron chi connectivity index (χ1n) is 13.0. The minimum atomic E-state index is -0.971. The van der Waals surface area contributed by atoms with Crippen LogP contribution in [0.3, 0.4) is 0 Å². The molecule has 33 heavy (non-hydrogen) atoms. The maximum atomic E-state index is 11.2. The van der Waals surface area contributed by atoms with Crippen LogP contribution in [0.5, 0.6) is 0 Å². The van der Waals surface area contributed by atoms with Gasteiger partial charge in [0.2, 0.25) is 0 Å². The number of nitrogens with one attached hydrogen (secondary N) is 2. The lowest BCUT2D eigenvalue weighted by molar-refractivity contribution is 0.0696. The van der Waals surface area contributed by atoms with E-state index in [0.29, 0.717) is 10.7 Å². The molecule has 0 aromatic heterocycles. The molecule has 186 valence electrons. The van der Waals surface area contributed by atoms with Crippen LogP contribution in [0.2, 0.25) is 0 Å². The standard InChI is InChI=1S/C27H45N3O2S/c1-2-3-4-5-6-7-8-9-10-11-12-13-14-15-16-19-22-28-27(33)30-29-23-24-20-17-18-21-25(24)26(31)32/h17-18,20-21,23H,2-16,19,22H2,1H3,(H,31,32)(H2,28,30,33)/b29-23+. The van der Waals surface area contributed by atoms with Gasteiger partial charge in [-0.2, -0.15) is 5.10 Å². The van der Waals surface area contributed by atoms with Gasteiger partial charge in [-0.25, -0.2) is 4.79 Å². The summed E-state index contributed by atoms with van der Waals surface area (Å²) in [5.41, 5.74) is 3.51. The molecule has 0 saturated heterocycles. The molecule has 0 atom stereocenters. The van der Waals surface area contributed by atoms with E-state index in [0.717, 1.165) is 13.0 Å². The van der Waals surface area contributed by atoms with Crippen LogP contribution >= 0.6 is 12.2 Å². The van der Waals surface area contributed by atoms with E-state index in [1.165, 1.54) is 103 Å². The second kappa shape index (κ2) is 20.6. The third-order valence-corrected chi connectivity index (χ3v) is 6.11. The van der Waals surface area contributed by atoms with Crippen LogP contribution in [0.1, 0.15) is 126 Å². The fraction of sp³-hybridized carbons (Fsp3) is 0.667. The van der Waals surface area contributed by atoms with Crippen LogP contribution in [-0.2, 0) is 0 Å². The van der Waals surface area contributed by atoms with E-state index in [2.05, 4.69) is 22.8 Å². The number of thiocarbonyl (C=S) groups is 1. The largest absolute Gasteiger partial charge is 0.478 e. The van der Waals surface area contributed by atoms with Gasteiger partial charge in [0.1, 0.15) is 0 Å². The van der Waals surface area contributed by atoms with Gasteiger partial charge in [-0.05, 0) is 24.7 Å². The summed E-state index contributed by atoms with van der Waals surface area (Å²) in [6.07, 6.45) is 23.3. The lowest BCUT2D eigenvalue weighted by Gasteiger charge is -2.07. The van der Waals surface area contributed by atoms with Crippen molar-refractivity contribution in [1.82, 2.24) is 10.7 Å². The van der Waals surface area contributed by atoms with Gasteiger partial charge < -0.3 is 10.4 Å². The molecule has 3 N–H and O–H groups in total. The molecule has 5 nitrogen and oxygen atoms in total. The van der Waals surface area contributed by atoms with E-state index in [9.17, 15) is 4.79 Å². The summed E-state index contributed by atoms with van der Waals surface area (Å²) in [6.45, 7) is 3.10. The van der Waals surface area contributed by atoms with E-state index in [1.54, 1.807) is 24.3 Å². The molecule has 0 heterocycles. The Hall–Kier alpha value is -1.95. The van der Waals surface area contributed by atoms with Crippen LogP contribution in [0.4, 0.5) is 0 Å². The van der Waals surface area contributed by atoms with Gasteiger partial charge in [0, 0.05) is 12.1 Å². The monoisotopic (exact) mass is 475 g/mol. The first-order valence-corrected chi connectivity index (χ1v) is 13.4. The van der Waals surface area contributed by atoms with Crippen LogP contribution in [0.25, 0.3) is 0 Å². The average Bonchev–Trinajstić information content (AvgIpc) is 2.81. The highest BCUT2D eigenvalue weighted by molar-refractivity contribution is 7.80. The number of unbranched alkanes of at least 4 members (excludes halogenated alkanes) is 15. The van der Waals surface area contributed by atoms with E-state index < -0.39 is 5.97 Å². The Morgan fingerprint density at radius 1 is 0.848 bits per heavy atom. The average molecular weight is 476 g/mol.